The second-order valence-corrected chi connectivity index (χ2v) is 4.98. The maximum Gasteiger partial charge on any atom is 0.261 e. The smallest absolute Gasteiger partial charge is 0.261 e. The van der Waals surface area contributed by atoms with Crippen LogP contribution in [0.4, 0.5) is 0 Å². The number of rotatable bonds is 2. The highest BCUT2D eigenvalue weighted by Crippen LogP contribution is 2.03. The molecule has 0 amide bonds. The van der Waals surface area contributed by atoms with Crippen LogP contribution in [-0.2, 0) is 14.9 Å². The number of ether oxygens (including phenoxy) is 1. The van der Waals surface area contributed by atoms with Crippen molar-refractivity contribution in [3.8, 4) is 0 Å². The molecule has 2 atom stereocenters. The second-order valence-electron chi connectivity index (χ2n) is 3.51. The van der Waals surface area contributed by atoms with E-state index in [0.29, 0.717) is 6.26 Å². The van der Waals surface area contributed by atoms with Crippen LogP contribution in [0.1, 0.15) is 13.3 Å². The summed E-state index contributed by atoms with van der Waals surface area (Å²) in [6, 6.07) is 0. The molecule has 92 valence electrons. The fourth-order valence-electron chi connectivity index (χ4n) is 1.15. The average Bonchev–Trinajstić information content (AvgIpc) is 2.01. The van der Waals surface area contributed by atoms with Gasteiger partial charge in [-0.3, -0.25) is 4.55 Å². The van der Waals surface area contributed by atoms with E-state index in [1.807, 2.05) is 0 Å². The molecular weight excluding hydrogens is 222 g/mol. The van der Waals surface area contributed by atoms with Gasteiger partial charge in [0.15, 0.2) is 0 Å². The highest BCUT2D eigenvalue weighted by molar-refractivity contribution is 7.85. The predicted molar refractivity (Wildman–Crippen MR) is 56.4 cm³/mol. The molecule has 0 radical (unpaired) electrons. The van der Waals surface area contributed by atoms with Crippen LogP contribution in [0.3, 0.4) is 0 Å². The molecule has 1 aliphatic heterocycles. The minimum Gasteiger partial charge on any atom is -0.393 e. The Morgan fingerprint density at radius 2 is 2.13 bits per heavy atom. The number of nitrogens with one attached hydrogen (secondary N) is 1. The molecule has 0 spiro atoms. The van der Waals surface area contributed by atoms with Gasteiger partial charge in [-0.2, -0.15) is 8.42 Å². The fraction of sp³-hybridized carbons (Fsp3) is 1.00. The average molecular weight is 241 g/mol. The summed E-state index contributed by atoms with van der Waals surface area (Å²) in [5.41, 5.74) is 0. The largest absolute Gasteiger partial charge is 0.393 e. The molecule has 15 heavy (non-hydrogen) atoms. The second kappa shape index (κ2) is 7.13. The van der Waals surface area contributed by atoms with Crippen molar-refractivity contribution in [2.45, 2.75) is 25.6 Å². The molecule has 2 unspecified atom stereocenters. The Balaban J connectivity index is 0.000000336. The zero-order chi connectivity index (χ0) is 11.9. The summed E-state index contributed by atoms with van der Waals surface area (Å²) in [5, 5.41) is 12.2. The van der Waals surface area contributed by atoms with Gasteiger partial charge in [0.05, 0.1) is 25.1 Å². The lowest BCUT2D eigenvalue weighted by Gasteiger charge is -2.24. The molecule has 0 saturated carbocycles. The zero-order valence-corrected chi connectivity index (χ0v) is 9.83. The summed E-state index contributed by atoms with van der Waals surface area (Å²) in [6.45, 7) is 4.39. The van der Waals surface area contributed by atoms with Crippen LogP contribution in [-0.4, -0.2) is 56.2 Å². The van der Waals surface area contributed by atoms with E-state index in [4.69, 9.17) is 14.4 Å². The van der Waals surface area contributed by atoms with Gasteiger partial charge in [0.1, 0.15) is 0 Å². The van der Waals surface area contributed by atoms with Crippen LogP contribution in [0.5, 0.6) is 0 Å². The molecule has 0 aromatic heterocycles. The third-order valence-electron chi connectivity index (χ3n) is 1.61. The van der Waals surface area contributed by atoms with E-state index in [9.17, 15) is 8.42 Å². The first-order valence-corrected chi connectivity index (χ1v) is 6.56. The minimum atomic E-state index is -3.67. The van der Waals surface area contributed by atoms with Crippen molar-refractivity contribution in [3.63, 3.8) is 0 Å². The summed E-state index contributed by atoms with van der Waals surface area (Å²) in [7, 11) is -3.67. The summed E-state index contributed by atoms with van der Waals surface area (Å²) in [4.78, 5) is 0. The van der Waals surface area contributed by atoms with E-state index >= 15 is 0 Å². The molecule has 0 aromatic rings. The van der Waals surface area contributed by atoms with Gasteiger partial charge in [-0.1, -0.05) is 0 Å². The first-order valence-electron chi connectivity index (χ1n) is 4.72. The number of morpholine rings is 1. The van der Waals surface area contributed by atoms with E-state index < -0.39 is 10.1 Å². The van der Waals surface area contributed by atoms with Crippen LogP contribution in [0.15, 0.2) is 0 Å². The summed E-state index contributed by atoms with van der Waals surface area (Å²) < 4.78 is 31.2. The fourth-order valence-corrected chi connectivity index (χ4v) is 1.15. The Hall–Kier alpha value is -0.210. The summed E-state index contributed by atoms with van der Waals surface area (Å²) in [6.07, 6.45) is 1.43. The third-order valence-corrected chi connectivity index (χ3v) is 1.61. The van der Waals surface area contributed by atoms with E-state index in [-0.39, 0.29) is 12.2 Å². The van der Waals surface area contributed by atoms with E-state index in [1.165, 1.54) is 0 Å². The molecule has 1 aliphatic rings. The number of hydrogen-bond donors (Lipinski definition) is 3. The standard InChI is InChI=1S/C7H15NO2.CH4O3S/c1-6(9)4-7-5-8-2-3-10-7;1-5(2,3)4/h6-9H,2-5H2,1H3;1H3,(H,2,3,4). The summed E-state index contributed by atoms with van der Waals surface area (Å²) in [5.74, 6) is 0. The Kier molecular flexibility index (Phi) is 7.03. The molecule has 7 heteroatoms. The van der Waals surface area contributed by atoms with Crippen LogP contribution in [0.25, 0.3) is 0 Å². The zero-order valence-electron chi connectivity index (χ0n) is 9.01. The van der Waals surface area contributed by atoms with Crippen molar-refractivity contribution < 1.29 is 22.8 Å². The highest BCUT2D eigenvalue weighted by atomic mass is 32.2. The van der Waals surface area contributed by atoms with Crippen molar-refractivity contribution in [3.05, 3.63) is 0 Å². The van der Waals surface area contributed by atoms with Crippen molar-refractivity contribution in [2.24, 2.45) is 0 Å². The molecule has 0 aliphatic carbocycles. The molecule has 0 aromatic carbocycles. The molecular formula is C8H19NO5S. The first kappa shape index (κ1) is 14.8. The minimum absolute atomic E-state index is 0.216. The van der Waals surface area contributed by atoms with Gasteiger partial charge in [0.25, 0.3) is 10.1 Å². The van der Waals surface area contributed by atoms with Crippen LogP contribution < -0.4 is 5.32 Å². The van der Waals surface area contributed by atoms with Gasteiger partial charge in [0, 0.05) is 19.5 Å². The Morgan fingerprint density at radius 3 is 2.47 bits per heavy atom. The molecule has 0 bridgehead atoms. The van der Waals surface area contributed by atoms with Crippen LogP contribution in [0.2, 0.25) is 0 Å². The molecule has 3 N–H and O–H groups in total. The molecule has 1 fully saturated rings. The van der Waals surface area contributed by atoms with Crippen molar-refractivity contribution in [1.82, 2.24) is 5.32 Å². The van der Waals surface area contributed by atoms with Gasteiger partial charge in [-0.15, -0.1) is 0 Å². The third kappa shape index (κ3) is 13.8. The van der Waals surface area contributed by atoms with Crippen LogP contribution >= 0.6 is 0 Å². The van der Waals surface area contributed by atoms with E-state index in [1.54, 1.807) is 6.92 Å². The Bertz CT molecular complexity index is 238. The lowest BCUT2D eigenvalue weighted by atomic mass is 10.1. The number of aliphatic hydroxyl groups is 1. The number of hydrogen-bond acceptors (Lipinski definition) is 5. The SMILES string of the molecule is CC(O)CC1CNCCO1.CS(=O)(=O)O. The molecule has 1 saturated heterocycles. The van der Waals surface area contributed by atoms with Crippen LogP contribution in [0, 0.1) is 0 Å². The normalized spacial score (nSPS) is 23.9. The number of aliphatic hydroxyl groups excluding tert-OH is 1. The molecule has 1 rings (SSSR count). The van der Waals surface area contributed by atoms with Crippen molar-refractivity contribution >= 4 is 10.1 Å². The Morgan fingerprint density at radius 1 is 1.60 bits per heavy atom. The van der Waals surface area contributed by atoms with E-state index in [2.05, 4.69) is 5.32 Å². The van der Waals surface area contributed by atoms with Gasteiger partial charge < -0.3 is 15.2 Å². The highest BCUT2D eigenvalue weighted by Gasteiger charge is 2.14. The monoisotopic (exact) mass is 241 g/mol. The lowest BCUT2D eigenvalue weighted by molar-refractivity contribution is -0.000884. The van der Waals surface area contributed by atoms with Gasteiger partial charge in [0.2, 0.25) is 0 Å². The lowest BCUT2D eigenvalue weighted by Crippen LogP contribution is -2.39. The van der Waals surface area contributed by atoms with Gasteiger partial charge in [-0.05, 0) is 6.92 Å². The first-order chi connectivity index (χ1) is 6.79. The quantitative estimate of drug-likeness (QED) is 0.551. The molecule has 1 heterocycles. The van der Waals surface area contributed by atoms with Crippen molar-refractivity contribution in [1.29, 1.82) is 0 Å². The predicted octanol–water partition coefficient (Wildman–Crippen LogP) is -0.750. The van der Waals surface area contributed by atoms with Crippen molar-refractivity contribution in [2.75, 3.05) is 26.0 Å². The van der Waals surface area contributed by atoms with E-state index in [0.717, 1.165) is 26.1 Å². The topological polar surface area (TPSA) is 95.9 Å². The Labute approximate surface area is 90.4 Å². The summed E-state index contributed by atoms with van der Waals surface area (Å²) >= 11 is 0. The molecule has 6 nitrogen and oxygen atoms in total. The van der Waals surface area contributed by atoms with Gasteiger partial charge in [-0.25, -0.2) is 0 Å². The van der Waals surface area contributed by atoms with Gasteiger partial charge >= 0.3 is 0 Å². The maximum atomic E-state index is 9.19. The maximum absolute atomic E-state index is 9.19.